The Kier molecular flexibility index (Phi) is 7.10. The topological polar surface area (TPSA) is 133 Å². The lowest BCUT2D eigenvalue weighted by atomic mass is 9.78. The fraction of sp³-hybridized carbons (Fsp3) is 0.318. The molecule has 1 heterocycles. The minimum atomic E-state index is -4.59. The van der Waals surface area contributed by atoms with Gasteiger partial charge in [-0.3, -0.25) is 14.1 Å². The highest BCUT2D eigenvalue weighted by atomic mass is 127. The van der Waals surface area contributed by atoms with Gasteiger partial charge in [0.2, 0.25) is 5.82 Å². The van der Waals surface area contributed by atoms with Gasteiger partial charge in [0.1, 0.15) is 28.4 Å². The largest absolute Gasteiger partial charge is 0.458 e. The minimum Gasteiger partial charge on any atom is -0.458 e. The summed E-state index contributed by atoms with van der Waals surface area (Å²) in [6, 6.07) is 2.29. The molecule has 1 saturated heterocycles. The second-order valence-corrected chi connectivity index (χ2v) is 12.6. The van der Waals surface area contributed by atoms with Gasteiger partial charge in [-0.15, -0.1) is 0 Å². The highest BCUT2D eigenvalue weighted by Gasteiger charge is 2.70. The van der Waals surface area contributed by atoms with E-state index in [1.165, 1.54) is 0 Å². The van der Waals surface area contributed by atoms with E-state index < -0.39 is 103 Å². The molecule has 39 heavy (non-hydrogen) atoms. The highest BCUT2D eigenvalue weighted by Crippen LogP contribution is 2.59. The van der Waals surface area contributed by atoms with Crippen LogP contribution in [0.4, 0.5) is 22.0 Å². The van der Waals surface area contributed by atoms with Crippen LogP contribution in [0.5, 0.6) is 5.75 Å². The van der Waals surface area contributed by atoms with Gasteiger partial charge in [-0.2, -0.15) is 8.42 Å². The van der Waals surface area contributed by atoms with E-state index in [1.54, 1.807) is 45.2 Å². The quantitative estimate of drug-likeness (QED) is 0.0914. The average Bonchev–Trinajstić information content (AvgIpc) is 3.44. The number of hydrogen-bond acceptors (Lipinski definition) is 8. The SMILES string of the molecule is O=C(OC1C2CC3C1OC(=O)C3C2C(=O)Oc1cc(I)c(S(=O)(=O)O)c(I)c1)c1c(F)c(F)c(F)c(F)c1F. The Hall–Kier alpha value is -2.13. The van der Waals surface area contributed by atoms with Crippen LogP contribution in [0, 0.1) is 59.9 Å². The van der Waals surface area contributed by atoms with Crippen molar-refractivity contribution < 1.29 is 63.5 Å². The van der Waals surface area contributed by atoms with E-state index in [0.717, 1.165) is 12.1 Å². The molecule has 17 heteroatoms. The Bertz CT molecular complexity index is 1530. The van der Waals surface area contributed by atoms with Crippen molar-refractivity contribution in [1.29, 1.82) is 0 Å². The molecule has 6 atom stereocenters. The third kappa shape index (κ3) is 4.48. The van der Waals surface area contributed by atoms with Crippen LogP contribution in [0.1, 0.15) is 16.8 Å². The molecule has 2 aromatic rings. The first-order valence-corrected chi connectivity index (χ1v) is 14.3. The zero-order chi connectivity index (χ0) is 28.7. The summed E-state index contributed by atoms with van der Waals surface area (Å²) in [5.41, 5.74) is -1.84. The second kappa shape index (κ2) is 9.75. The van der Waals surface area contributed by atoms with Gasteiger partial charge in [0, 0.05) is 19.0 Å². The number of carbonyl (C=O) groups excluding carboxylic acids is 3. The highest BCUT2D eigenvalue weighted by molar-refractivity contribution is 14.1. The summed E-state index contributed by atoms with van der Waals surface area (Å²) in [5.74, 6) is -19.8. The van der Waals surface area contributed by atoms with Crippen LogP contribution in [-0.4, -0.2) is 43.1 Å². The van der Waals surface area contributed by atoms with Crippen LogP contribution in [-0.2, 0) is 29.2 Å². The van der Waals surface area contributed by atoms with Crippen LogP contribution < -0.4 is 4.74 Å². The molecule has 3 aliphatic rings. The zero-order valence-electron chi connectivity index (χ0n) is 18.6. The Morgan fingerprint density at radius 2 is 1.49 bits per heavy atom. The van der Waals surface area contributed by atoms with Gasteiger partial charge in [0.15, 0.2) is 23.3 Å². The van der Waals surface area contributed by atoms with E-state index in [2.05, 4.69) is 0 Å². The van der Waals surface area contributed by atoms with Crippen LogP contribution in [0.3, 0.4) is 0 Å². The fourth-order valence-corrected chi connectivity index (χ4v) is 9.45. The minimum absolute atomic E-state index is 0.0210. The van der Waals surface area contributed by atoms with Crippen molar-refractivity contribution in [3.8, 4) is 5.75 Å². The van der Waals surface area contributed by atoms with Crippen molar-refractivity contribution in [2.75, 3.05) is 0 Å². The van der Waals surface area contributed by atoms with Crippen LogP contribution in [0.2, 0.25) is 0 Å². The molecule has 0 aromatic heterocycles. The summed E-state index contributed by atoms with van der Waals surface area (Å²) in [4.78, 5) is 37.9. The standard InChI is InChI=1S/C22H11F5I2O9S/c23-12-11(13(24)15(26)16(27)14(12)25)22(32)38-18-5-3-6-10(21(31)37-17(6)18)9(5)20(30)36-4-1-7(28)19(8(29)2-4)39(33,34)35/h1-2,5-6,9-10,17-18H,3H2,(H,33,34,35). The lowest BCUT2D eigenvalue weighted by molar-refractivity contribution is -0.149. The molecular weight excluding hydrogens is 789 g/mol. The molecule has 0 radical (unpaired) electrons. The summed E-state index contributed by atoms with van der Waals surface area (Å²) in [5, 5.41) is 0. The van der Waals surface area contributed by atoms with Gasteiger partial charge in [-0.05, 0) is 63.7 Å². The normalized spacial score (nSPS) is 27.0. The molecular formula is C22H11F5I2O9S. The van der Waals surface area contributed by atoms with Gasteiger partial charge in [0.05, 0.1) is 11.8 Å². The third-order valence-electron chi connectivity index (χ3n) is 6.92. The zero-order valence-corrected chi connectivity index (χ0v) is 23.7. The second-order valence-electron chi connectivity index (χ2n) is 8.94. The Morgan fingerprint density at radius 3 is 2.03 bits per heavy atom. The van der Waals surface area contributed by atoms with Gasteiger partial charge < -0.3 is 14.2 Å². The summed E-state index contributed by atoms with van der Waals surface area (Å²) in [7, 11) is -4.59. The Labute approximate surface area is 242 Å². The van der Waals surface area contributed by atoms with E-state index >= 15 is 0 Å². The van der Waals surface area contributed by atoms with Crippen molar-refractivity contribution in [1.82, 2.24) is 0 Å². The average molecular weight is 800 g/mol. The molecule has 2 aromatic carbocycles. The molecule has 6 unspecified atom stereocenters. The lowest BCUT2D eigenvalue weighted by Crippen LogP contribution is -2.44. The predicted molar refractivity (Wildman–Crippen MR) is 131 cm³/mol. The molecule has 2 saturated carbocycles. The number of halogens is 7. The van der Waals surface area contributed by atoms with Gasteiger partial charge >= 0.3 is 17.9 Å². The molecule has 9 nitrogen and oxygen atoms in total. The summed E-state index contributed by atoms with van der Waals surface area (Å²) in [6.07, 6.45) is -2.48. The van der Waals surface area contributed by atoms with Gasteiger partial charge in [0.25, 0.3) is 10.1 Å². The molecule has 1 aliphatic heterocycles. The number of benzene rings is 2. The number of hydrogen-bond donors (Lipinski definition) is 1. The number of rotatable bonds is 5. The third-order valence-corrected chi connectivity index (χ3v) is 10.3. The summed E-state index contributed by atoms with van der Waals surface area (Å²) < 4.78 is 117. The molecule has 2 aliphatic carbocycles. The molecule has 2 bridgehead atoms. The molecule has 208 valence electrons. The maximum atomic E-state index is 14.1. The van der Waals surface area contributed by atoms with Crippen molar-refractivity contribution in [3.63, 3.8) is 0 Å². The van der Waals surface area contributed by atoms with Crippen molar-refractivity contribution in [3.05, 3.63) is 53.9 Å². The number of fused-ring (bicyclic) bond motifs is 1. The van der Waals surface area contributed by atoms with E-state index in [9.17, 15) is 49.3 Å². The summed E-state index contributed by atoms with van der Waals surface area (Å²) >= 11 is 3.20. The molecule has 0 amide bonds. The Morgan fingerprint density at radius 1 is 0.949 bits per heavy atom. The molecule has 0 spiro atoms. The first-order chi connectivity index (χ1) is 18.1. The molecule has 3 fully saturated rings. The maximum absolute atomic E-state index is 14.1. The smallest absolute Gasteiger partial charge is 0.344 e. The monoisotopic (exact) mass is 800 g/mol. The van der Waals surface area contributed by atoms with Crippen molar-refractivity contribution in [2.45, 2.75) is 23.5 Å². The van der Waals surface area contributed by atoms with E-state index in [-0.39, 0.29) is 19.3 Å². The number of ether oxygens (including phenoxy) is 3. The van der Waals surface area contributed by atoms with Crippen LogP contribution >= 0.6 is 45.2 Å². The lowest BCUT2D eigenvalue weighted by Gasteiger charge is -2.30. The van der Waals surface area contributed by atoms with Crippen molar-refractivity contribution >= 4 is 73.2 Å². The summed E-state index contributed by atoms with van der Waals surface area (Å²) in [6.45, 7) is 0. The molecule has 5 rings (SSSR count). The van der Waals surface area contributed by atoms with E-state index in [1.807, 2.05) is 0 Å². The first kappa shape index (κ1) is 28.4. The van der Waals surface area contributed by atoms with Crippen LogP contribution in [0.15, 0.2) is 17.0 Å². The maximum Gasteiger partial charge on any atom is 0.344 e. The van der Waals surface area contributed by atoms with Crippen molar-refractivity contribution in [2.24, 2.45) is 23.7 Å². The number of carbonyl (C=O) groups is 3. The first-order valence-electron chi connectivity index (χ1n) is 10.7. The number of esters is 3. The fourth-order valence-electron chi connectivity index (χ4n) is 5.46. The predicted octanol–water partition coefficient (Wildman–Crippen LogP) is 3.78. The van der Waals surface area contributed by atoms with E-state index in [4.69, 9.17) is 14.2 Å². The van der Waals surface area contributed by atoms with Gasteiger partial charge in [-0.25, -0.2) is 26.7 Å². The van der Waals surface area contributed by atoms with Gasteiger partial charge in [-0.1, -0.05) is 0 Å². The Balaban J connectivity index is 1.42. The van der Waals surface area contributed by atoms with Crippen LogP contribution in [0.25, 0.3) is 0 Å². The van der Waals surface area contributed by atoms with E-state index in [0.29, 0.717) is 0 Å². The molecule has 1 N–H and O–H groups in total.